The summed E-state index contributed by atoms with van der Waals surface area (Å²) in [7, 11) is 0. The predicted molar refractivity (Wildman–Crippen MR) is 62.6 cm³/mol. The molecule has 0 unspecified atom stereocenters. The minimum atomic E-state index is -1.07. The van der Waals surface area contributed by atoms with E-state index >= 15 is 0 Å². The van der Waals surface area contributed by atoms with Gasteiger partial charge in [0.2, 0.25) is 0 Å². The number of aliphatic carboxylic acids is 1. The molecule has 18 heavy (non-hydrogen) atoms. The van der Waals surface area contributed by atoms with Crippen molar-refractivity contribution in [1.29, 1.82) is 0 Å². The lowest BCUT2D eigenvalue weighted by Gasteiger charge is -2.05. The van der Waals surface area contributed by atoms with Crippen molar-refractivity contribution in [1.82, 2.24) is 10.3 Å². The smallest absolute Gasteiger partial charge is 0.329 e. The van der Waals surface area contributed by atoms with Gasteiger partial charge < -0.3 is 20.1 Å². The molecule has 0 aromatic carbocycles. The molecule has 1 amide bonds. The Labute approximate surface area is 103 Å². The number of aryl methyl sites for hydroxylation is 1. The van der Waals surface area contributed by atoms with Gasteiger partial charge in [-0.25, -0.2) is 4.79 Å². The molecule has 0 aliphatic rings. The summed E-state index contributed by atoms with van der Waals surface area (Å²) in [6.07, 6.45) is 1.34. The van der Waals surface area contributed by atoms with E-state index in [1.807, 2.05) is 0 Å². The lowest BCUT2D eigenvalue weighted by Crippen LogP contribution is -2.31. The molecule has 7 heteroatoms. The van der Waals surface area contributed by atoms with Gasteiger partial charge in [0.15, 0.2) is 5.43 Å². The van der Waals surface area contributed by atoms with Crippen LogP contribution >= 0.6 is 0 Å². The number of hydrogen-bond donors (Lipinski definition) is 3. The number of aromatic amines is 1. The summed E-state index contributed by atoms with van der Waals surface area (Å²) in [5.41, 5.74) is 0.315. The van der Waals surface area contributed by atoms with Gasteiger partial charge in [0, 0.05) is 24.5 Å². The van der Waals surface area contributed by atoms with E-state index in [4.69, 9.17) is 9.84 Å². The zero-order chi connectivity index (χ0) is 13.5. The molecule has 1 heterocycles. The number of pyridine rings is 1. The van der Waals surface area contributed by atoms with Crippen molar-refractivity contribution in [2.24, 2.45) is 0 Å². The number of ether oxygens (including phenoxy) is 1. The van der Waals surface area contributed by atoms with Crippen LogP contribution in [0.4, 0.5) is 0 Å². The number of aromatic nitrogens is 1. The van der Waals surface area contributed by atoms with Crippen molar-refractivity contribution in [3.8, 4) is 0 Å². The molecule has 0 aliphatic heterocycles. The second-order valence-corrected chi connectivity index (χ2v) is 3.60. The molecule has 0 bridgehead atoms. The first-order chi connectivity index (χ1) is 8.50. The van der Waals surface area contributed by atoms with Gasteiger partial charge in [-0.05, 0) is 6.92 Å². The molecule has 0 fully saturated rings. The first-order valence-electron chi connectivity index (χ1n) is 5.28. The number of carbonyl (C=O) groups is 2. The molecule has 0 saturated carbocycles. The number of nitrogens with one attached hydrogen (secondary N) is 2. The Bertz CT molecular complexity index is 494. The zero-order valence-electron chi connectivity index (χ0n) is 9.86. The summed E-state index contributed by atoms with van der Waals surface area (Å²) in [5, 5.41) is 10.8. The molecule has 1 rings (SSSR count). The average molecular weight is 254 g/mol. The minimum Gasteiger partial charge on any atom is -0.480 e. The first-order valence-corrected chi connectivity index (χ1v) is 5.28. The first kappa shape index (κ1) is 13.9. The average Bonchev–Trinajstić information content (AvgIpc) is 2.27. The number of carboxylic acid groups (broad SMARTS) is 1. The van der Waals surface area contributed by atoms with Gasteiger partial charge in [-0.2, -0.15) is 0 Å². The maximum absolute atomic E-state index is 11.6. The van der Waals surface area contributed by atoms with Gasteiger partial charge in [0.1, 0.15) is 12.2 Å². The van der Waals surface area contributed by atoms with E-state index in [2.05, 4.69) is 10.3 Å². The van der Waals surface area contributed by atoms with Crippen LogP contribution in [-0.2, 0) is 9.53 Å². The van der Waals surface area contributed by atoms with Crippen molar-refractivity contribution < 1.29 is 19.4 Å². The molecule has 7 nitrogen and oxygen atoms in total. The Kier molecular flexibility index (Phi) is 5.06. The van der Waals surface area contributed by atoms with Gasteiger partial charge in [0.05, 0.1) is 6.61 Å². The monoisotopic (exact) mass is 254 g/mol. The number of H-pyrrole nitrogens is 1. The van der Waals surface area contributed by atoms with E-state index < -0.39 is 18.5 Å². The zero-order valence-corrected chi connectivity index (χ0v) is 9.86. The largest absolute Gasteiger partial charge is 0.480 e. The molecule has 1 aromatic heterocycles. The maximum atomic E-state index is 11.6. The van der Waals surface area contributed by atoms with Crippen LogP contribution in [0.15, 0.2) is 17.1 Å². The SMILES string of the molecule is Cc1cc(=O)c(C(=O)NCCOCC(=O)O)c[nH]1. The third-order valence-electron chi connectivity index (χ3n) is 2.06. The van der Waals surface area contributed by atoms with Gasteiger partial charge in [0.25, 0.3) is 5.91 Å². The fourth-order valence-corrected chi connectivity index (χ4v) is 1.24. The number of amides is 1. The van der Waals surface area contributed by atoms with Crippen LogP contribution in [0.3, 0.4) is 0 Å². The number of hydrogen-bond acceptors (Lipinski definition) is 4. The molecule has 98 valence electrons. The highest BCUT2D eigenvalue weighted by atomic mass is 16.5. The Morgan fingerprint density at radius 2 is 2.22 bits per heavy atom. The quantitative estimate of drug-likeness (QED) is 0.594. The van der Waals surface area contributed by atoms with E-state index in [0.29, 0.717) is 5.69 Å². The summed E-state index contributed by atoms with van der Waals surface area (Å²) >= 11 is 0. The van der Waals surface area contributed by atoms with Crippen LogP contribution < -0.4 is 10.7 Å². The third kappa shape index (κ3) is 4.38. The predicted octanol–water partition coefficient (Wildman–Crippen LogP) is -0.486. The van der Waals surface area contributed by atoms with Crippen molar-refractivity contribution >= 4 is 11.9 Å². The highest BCUT2D eigenvalue weighted by Crippen LogP contribution is 1.91. The van der Waals surface area contributed by atoms with Crippen LogP contribution in [0, 0.1) is 6.92 Å². The fourth-order valence-electron chi connectivity index (χ4n) is 1.24. The Hall–Kier alpha value is -2.15. The Balaban J connectivity index is 2.41. The highest BCUT2D eigenvalue weighted by molar-refractivity contribution is 5.93. The maximum Gasteiger partial charge on any atom is 0.329 e. The topological polar surface area (TPSA) is 108 Å². The molecule has 3 N–H and O–H groups in total. The molecular formula is C11H14N2O5. The summed E-state index contributed by atoms with van der Waals surface area (Å²) in [5.74, 6) is -1.59. The van der Waals surface area contributed by atoms with Gasteiger partial charge in [-0.1, -0.05) is 0 Å². The van der Waals surface area contributed by atoms with Crippen molar-refractivity contribution in [2.45, 2.75) is 6.92 Å². The standard InChI is InChI=1S/C11H14N2O5/c1-7-4-9(14)8(5-13-7)11(17)12-2-3-18-6-10(15)16/h4-5H,2-3,6H2,1H3,(H,12,17)(H,13,14)(H,15,16). The van der Waals surface area contributed by atoms with E-state index in [9.17, 15) is 14.4 Å². The van der Waals surface area contributed by atoms with Gasteiger partial charge in [-0.15, -0.1) is 0 Å². The van der Waals surface area contributed by atoms with E-state index in [0.717, 1.165) is 0 Å². The summed E-state index contributed by atoms with van der Waals surface area (Å²) in [6.45, 7) is 1.51. The summed E-state index contributed by atoms with van der Waals surface area (Å²) in [6, 6.07) is 1.33. The Morgan fingerprint density at radius 3 is 2.83 bits per heavy atom. The van der Waals surface area contributed by atoms with Gasteiger partial charge >= 0.3 is 5.97 Å². The molecule has 0 radical (unpaired) electrons. The molecular weight excluding hydrogens is 240 g/mol. The lowest BCUT2D eigenvalue weighted by atomic mass is 10.2. The molecule has 0 atom stereocenters. The second kappa shape index (κ2) is 6.55. The minimum absolute atomic E-state index is 0.0128. The number of carboxylic acids is 1. The van der Waals surface area contributed by atoms with Crippen LogP contribution in [0.2, 0.25) is 0 Å². The Morgan fingerprint density at radius 1 is 1.50 bits per heavy atom. The molecule has 0 saturated heterocycles. The third-order valence-corrected chi connectivity index (χ3v) is 2.06. The lowest BCUT2D eigenvalue weighted by molar-refractivity contribution is -0.142. The molecule has 0 spiro atoms. The van der Waals surface area contributed by atoms with Crippen molar-refractivity contribution in [3.63, 3.8) is 0 Å². The van der Waals surface area contributed by atoms with Crippen LogP contribution in [0.25, 0.3) is 0 Å². The highest BCUT2D eigenvalue weighted by Gasteiger charge is 2.09. The molecule has 0 aliphatic carbocycles. The van der Waals surface area contributed by atoms with Crippen molar-refractivity contribution in [2.75, 3.05) is 19.8 Å². The van der Waals surface area contributed by atoms with Crippen LogP contribution in [0.1, 0.15) is 16.1 Å². The second-order valence-electron chi connectivity index (χ2n) is 3.60. The van der Waals surface area contributed by atoms with Gasteiger partial charge in [-0.3, -0.25) is 9.59 Å². The van der Waals surface area contributed by atoms with E-state index in [1.165, 1.54) is 12.3 Å². The molecule has 1 aromatic rings. The van der Waals surface area contributed by atoms with Crippen LogP contribution in [0.5, 0.6) is 0 Å². The van der Waals surface area contributed by atoms with Crippen LogP contribution in [-0.4, -0.2) is 41.7 Å². The summed E-state index contributed by atoms with van der Waals surface area (Å²) < 4.78 is 4.73. The normalized spacial score (nSPS) is 10.1. The van der Waals surface area contributed by atoms with E-state index in [-0.39, 0.29) is 24.1 Å². The summed E-state index contributed by atoms with van der Waals surface area (Å²) in [4.78, 5) is 35.9. The van der Waals surface area contributed by atoms with Crippen molar-refractivity contribution in [3.05, 3.63) is 33.7 Å². The number of rotatable bonds is 6. The fraction of sp³-hybridized carbons (Fsp3) is 0.364. The number of carbonyl (C=O) groups excluding carboxylic acids is 1. The van der Waals surface area contributed by atoms with E-state index in [1.54, 1.807) is 6.92 Å².